The Morgan fingerprint density at radius 1 is 0.895 bits per heavy atom. The number of benzene rings is 2. The number of hydrogen-bond acceptors (Lipinski definition) is 1. The van der Waals surface area contributed by atoms with Gasteiger partial charge < -0.3 is 5.32 Å². The molecule has 5 heteroatoms. The highest BCUT2D eigenvalue weighted by molar-refractivity contribution is 9.10. The lowest BCUT2D eigenvalue weighted by Crippen LogP contribution is -2.15. The zero-order valence-corrected chi connectivity index (χ0v) is 13.1. The van der Waals surface area contributed by atoms with Crippen LogP contribution in [0.2, 0.25) is 0 Å². The Bertz CT molecular complexity index is 588. The average molecular weight is 391 g/mol. The molecule has 0 aliphatic carbocycles. The molecule has 0 saturated carbocycles. The second-order valence-corrected chi connectivity index (χ2v) is 5.73. The van der Waals surface area contributed by atoms with Gasteiger partial charge in [-0.15, -0.1) is 0 Å². The van der Waals surface area contributed by atoms with Gasteiger partial charge >= 0.3 is 0 Å². The van der Waals surface area contributed by atoms with Gasteiger partial charge in [-0.1, -0.05) is 34.1 Å². The van der Waals surface area contributed by atoms with Crippen molar-refractivity contribution < 1.29 is 8.78 Å². The first-order valence-corrected chi connectivity index (χ1v) is 7.24. The molecule has 0 amide bonds. The summed E-state index contributed by atoms with van der Waals surface area (Å²) in [4.78, 5) is 0. The van der Waals surface area contributed by atoms with E-state index in [0.717, 1.165) is 10.0 Å². The summed E-state index contributed by atoms with van der Waals surface area (Å²) in [6.07, 6.45) is 0. The van der Waals surface area contributed by atoms with Crippen molar-refractivity contribution in [3.63, 3.8) is 0 Å². The Labute approximate surface area is 127 Å². The molecule has 0 radical (unpaired) electrons. The normalized spacial score (nSPS) is 10.7. The first-order chi connectivity index (χ1) is 9.09. The van der Waals surface area contributed by atoms with Crippen molar-refractivity contribution in [1.82, 2.24) is 5.32 Å². The molecule has 100 valence electrons. The minimum atomic E-state index is -0.556. The second-order valence-electron chi connectivity index (χ2n) is 4.02. The molecule has 0 spiro atoms. The molecule has 2 aromatic carbocycles. The predicted molar refractivity (Wildman–Crippen MR) is 78.7 cm³/mol. The van der Waals surface area contributed by atoms with Gasteiger partial charge in [-0.25, -0.2) is 8.78 Å². The van der Waals surface area contributed by atoms with Crippen molar-refractivity contribution in [1.29, 1.82) is 0 Å². The van der Waals surface area contributed by atoms with Gasteiger partial charge in [0.05, 0.1) is 4.47 Å². The molecule has 0 aliphatic heterocycles. The maximum absolute atomic E-state index is 13.7. The van der Waals surface area contributed by atoms with Crippen LogP contribution in [0.4, 0.5) is 8.78 Å². The Hall–Kier alpha value is -0.780. The fraction of sp³-hybridized carbons (Fsp3) is 0.143. The van der Waals surface area contributed by atoms with Crippen molar-refractivity contribution in [2.45, 2.75) is 13.1 Å². The lowest BCUT2D eigenvalue weighted by atomic mass is 10.2. The van der Waals surface area contributed by atoms with E-state index in [2.05, 4.69) is 37.2 Å². The van der Waals surface area contributed by atoms with Gasteiger partial charge in [0, 0.05) is 23.1 Å². The maximum atomic E-state index is 13.7. The van der Waals surface area contributed by atoms with Crippen LogP contribution in [0, 0.1) is 11.6 Å². The van der Waals surface area contributed by atoms with Crippen LogP contribution < -0.4 is 5.32 Å². The fourth-order valence-corrected chi connectivity index (χ4v) is 2.49. The van der Waals surface area contributed by atoms with E-state index in [1.165, 1.54) is 12.1 Å². The number of hydrogen-bond donors (Lipinski definition) is 1. The SMILES string of the molecule is Fc1ccc(Br)c(F)c1CNCc1ccccc1Br. The fourth-order valence-electron chi connectivity index (χ4n) is 1.70. The van der Waals surface area contributed by atoms with Crippen molar-refractivity contribution in [3.05, 3.63) is 68.1 Å². The van der Waals surface area contributed by atoms with E-state index in [9.17, 15) is 8.78 Å². The van der Waals surface area contributed by atoms with E-state index in [1.54, 1.807) is 0 Å². The lowest BCUT2D eigenvalue weighted by molar-refractivity contribution is 0.531. The summed E-state index contributed by atoms with van der Waals surface area (Å²) in [6, 6.07) is 10.3. The zero-order valence-electron chi connectivity index (χ0n) is 9.89. The van der Waals surface area contributed by atoms with Crippen molar-refractivity contribution in [2.24, 2.45) is 0 Å². The van der Waals surface area contributed by atoms with E-state index < -0.39 is 11.6 Å². The molecule has 1 N–H and O–H groups in total. The molecule has 2 aromatic rings. The van der Waals surface area contributed by atoms with Crippen LogP contribution >= 0.6 is 31.9 Å². The second kappa shape index (κ2) is 6.59. The van der Waals surface area contributed by atoms with Gasteiger partial charge in [-0.2, -0.15) is 0 Å². The molecule has 0 bridgehead atoms. The molecular formula is C14H11Br2F2N. The van der Waals surface area contributed by atoms with Crippen molar-refractivity contribution in [3.8, 4) is 0 Å². The van der Waals surface area contributed by atoms with E-state index in [1.807, 2.05) is 24.3 Å². The van der Waals surface area contributed by atoms with Gasteiger partial charge in [-0.05, 0) is 39.7 Å². The molecule has 2 rings (SSSR count). The van der Waals surface area contributed by atoms with Crippen molar-refractivity contribution >= 4 is 31.9 Å². The smallest absolute Gasteiger partial charge is 0.144 e. The van der Waals surface area contributed by atoms with Gasteiger partial charge in [0.25, 0.3) is 0 Å². The summed E-state index contributed by atoms with van der Waals surface area (Å²) in [7, 11) is 0. The van der Waals surface area contributed by atoms with Crippen LogP contribution in [0.3, 0.4) is 0 Å². The molecule has 0 atom stereocenters. The van der Waals surface area contributed by atoms with Crippen LogP contribution in [-0.2, 0) is 13.1 Å². The largest absolute Gasteiger partial charge is 0.308 e. The molecule has 0 saturated heterocycles. The van der Waals surface area contributed by atoms with Crippen LogP contribution in [0.15, 0.2) is 45.3 Å². The number of halogens is 4. The zero-order chi connectivity index (χ0) is 13.8. The van der Waals surface area contributed by atoms with Crippen LogP contribution in [0.1, 0.15) is 11.1 Å². The van der Waals surface area contributed by atoms with E-state index >= 15 is 0 Å². The third-order valence-corrected chi connectivity index (χ3v) is 4.10. The molecule has 1 nitrogen and oxygen atoms in total. The lowest BCUT2D eigenvalue weighted by Gasteiger charge is -2.09. The van der Waals surface area contributed by atoms with E-state index in [0.29, 0.717) is 6.54 Å². The Kier molecular flexibility index (Phi) is 5.07. The molecule has 0 heterocycles. The maximum Gasteiger partial charge on any atom is 0.144 e. The van der Waals surface area contributed by atoms with Gasteiger partial charge in [0.1, 0.15) is 11.6 Å². The van der Waals surface area contributed by atoms with Crippen LogP contribution in [0.5, 0.6) is 0 Å². The van der Waals surface area contributed by atoms with Crippen molar-refractivity contribution in [2.75, 3.05) is 0 Å². The highest BCUT2D eigenvalue weighted by atomic mass is 79.9. The molecule has 0 aliphatic rings. The standard InChI is InChI=1S/C14H11Br2F2N/c15-11-4-2-1-3-9(11)7-19-8-10-13(17)6-5-12(16)14(10)18/h1-6,19H,7-8H2. The summed E-state index contributed by atoms with van der Waals surface area (Å²) in [5, 5.41) is 3.04. The Morgan fingerprint density at radius 2 is 1.63 bits per heavy atom. The summed E-state index contributed by atoms with van der Waals surface area (Å²) in [5.41, 5.74) is 1.08. The van der Waals surface area contributed by atoms with E-state index in [4.69, 9.17) is 0 Å². The van der Waals surface area contributed by atoms with Gasteiger partial charge in [0.15, 0.2) is 0 Å². The third kappa shape index (κ3) is 3.61. The van der Waals surface area contributed by atoms with Crippen LogP contribution in [0.25, 0.3) is 0 Å². The molecule has 0 unspecified atom stereocenters. The van der Waals surface area contributed by atoms with Gasteiger partial charge in [-0.3, -0.25) is 0 Å². The minimum Gasteiger partial charge on any atom is -0.308 e. The molecule has 19 heavy (non-hydrogen) atoms. The molecule has 0 aromatic heterocycles. The predicted octanol–water partition coefficient (Wildman–Crippen LogP) is 4.78. The Morgan fingerprint density at radius 3 is 2.37 bits per heavy atom. The quantitative estimate of drug-likeness (QED) is 0.740. The summed E-state index contributed by atoms with van der Waals surface area (Å²) >= 11 is 6.48. The minimum absolute atomic E-state index is 0.0430. The summed E-state index contributed by atoms with van der Waals surface area (Å²) in [5.74, 6) is -1.10. The third-order valence-electron chi connectivity index (χ3n) is 2.71. The Balaban J connectivity index is 2.04. The first-order valence-electron chi connectivity index (χ1n) is 5.66. The highest BCUT2D eigenvalue weighted by Crippen LogP contribution is 2.22. The number of rotatable bonds is 4. The highest BCUT2D eigenvalue weighted by Gasteiger charge is 2.11. The first kappa shape index (κ1) is 14.6. The average Bonchev–Trinajstić information content (AvgIpc) is 2.40. The van der Waals surface area contributed by atoms with E-state index in [-0.39, 0.29) is 16.6 Å². The monoisotopic (exact) mass is 389 g/mol. The number of nitrogens with one attached hydrogen (secondary N) is 1. The van der Waals surface area contributed by atoms with Crippen LogP contribution in [-0.4, -0.2) is 0 Å². The summed E-state index contributed by atoms with van der Waals surface area (Å²) in [6.45, 7) is 0.672. The van der Waals surface area contributed by atoms with Gasteiger partial charge in [0.2, 0.25) is 0 Å². The molecular weight excluding hydrogens is 380 g/mol. The summed E-state index contributed by atoms with van der Waals surface area (Å²) < 4.78 is 28.5. The topological polar surface area (TPSA) is 12.0 Å². The molecule has 0 fully saturated rings.